The molecule has 2 amide bonds. The van der Waals surface area contributed by atoms with Gasteiger partial charge in [0, 0.05) is 45.4 Å². The summed E-state index contributed by atoms with van der Waals surface area (Å²) in [4.78, 5) is 45.9. The largest absolute Gasteiger partial charge is 0.353 e. The lowest BCUT2D eigenvalue weighted by atomic mass is 9.98. The van der Waals surface area contributed by atoms with Crippen LogP contribution in [0.5, 0.6) is 0 Å². The smallest absolute Gasteiger partial charge is 0.265 e. The van der Waals surface area contributed by atoms with Crippen molar-refractivity contribution >= 4 is 29.4 Å². The summed E-state index contributed by atoms with van der Waals surface area (Å²) in [6, 6.07) is 10.4. The zero-order valence-electron chi connectivity index (χ0n) is 22.4. The van der Waals surface area contributed by atoms with Crippen LogP contribution in [0.25, 0.3) is 5.69 Å². The molecule has 0 radical (unpaired) electrons. The fraction of sp³-hybridized carbons (Fsp3) is 0.379. The predicted octanol–water partition coefficient (Wildman–Crippen LogP) is 5.12. The van der Waals surface area contributed by atoms with E-state index in [-0.39, 0.29) is 53.1 Å². The predicted molar refractivity (Wildman–Crippen MR) is 149 cm³/mol. The number of nitrogens with zero attached hydrogens (tertiary/aromatic N) is 3. The van der Waals surface area contributed by atoms with Crippen LogP contribution in [0.1, 0.15) is 77.6 Å². The Hall–Kier alpha value is -3.79. The van der Waals surface area contributed by atoms with Gasteiger partial charge in [-0.05, 0) is 82.5 Å². The second-order valence-electron chi connectivity index (χ2n) is 10.6. The minimum Gasteiger partial charge on any atom is -0.353 e. The van der Waals surface area contributed by atoms with Gasteiger partial charge in [0.25, 0.3) is 23.8 Å². The molecule has 2 N–H and O–H groups in total. The lowest BCUT2D eigenvalue weighted by Crippen LogP contribution is -2.46. The molecular weight excluding hydrogens is 540 g/mol. The standard InChI is InChI=1S/C29H30ClF2N5O3/c1-15(2)33-29-35-24-14-36(27(39)18-6-11-23(30)21(13-18)25(31)32)16(3)12-22(24)28(40)37(29)20-9-4-17(5-10-20)26(38)34-19-7-8-19/h4-6,9-11,13,15-16,19,25H,7-8,12,14H2,1-3H3,(H,33,35)(H,34,38)/t16-/m1/s1. The van der Waals surface area contributed by atoms with Crippen LogP contribution in [-0.4, -0.2) is 44.4 Å². The molecule has 0 spiro atoms. The lowest BCUT2D eigenvalue weighted by Gasteiger charge is -2.35. The van der Waals surface area contributed by atoms with Gasteiger partial charge in [-0.25, -0.2) is 18.3 Å². The quantitative estimate of drug-likeness (QED) is 0.412. The molecule has 3 aromatic rings. The van der Waals surface area contributed by atoms with Gasteiger partial charge in [0.1, 0.15) is 0 Å². The molecule has 2 heterocycles. The molecule has 1 aliphatic heterocycles. The Morgan fingerprint density at radius 1 is 1.07 bits per heavy atom. The molecule has 0 bridgehead atoms. The van der Waals surface area contributed by atoms with Gasteiger partial charge in [-0.15, -0.1) is 0 Å². The molecule has 8 nitrogen and oxygen atoms in total. The van der Waals surface area contributed by atoms with Gasteiger partial charge >= 0.3 is 0 Å². The molecule has 2 aliphatic rings. The van der Waals surface area contributed by atoms with Crippen molar-refractivity contribution in [2.75, 3.05) is 5.32 Å². The third kappa shape index (κ3) is 5.58. The summed E-state index contributed by atoms with van der Waals surface area (Å²) in [5.74, 6) is -0.283. The summed E-state index contributed by atoms with van der Waals surface area (Å²) in [5.41, 5.74) is 1.40. The maximum absolute atomic E-state index is 13.8. The maximum atomic E-state index is 13.8. The van der Waals surface area contributed by atoms with Crippen LogP contribution in [0.2, 0.25) is 5.02 Å². The minimum absolute atomic E-state index is 0.0467. The second kappa shape index (κ2) is 11.0. The first-order valence-electron chi connectivity index (χ1n) is 13.2. The van der Waals surface area contributed by atoms with E-state index in [4.69, 9.17) is 16.6 Å². The Bertz CT molecular complexity index is 1520. The summed E-state index contributed by atoms with van der Waals surface area (Å²) >= 11 is 5.89. The average molecular weight is 570 g/mol. The van der Waals surface area contributed by atoms with Crippen LogP contribution in [0.15, 0.2) is 47.3 Å². The van der Waals surface area contributed by atoms with E-state index >= 15 is 0 Å². The number of amides is 2. The monoisotopic (exact) mass is 569 g/mol. The number of rotatable bonds is 7. The van der Waals surface area contributed by atoms with Crippen molar-refractivity contribution in [3.8, 4) is 5.69 Å². The van der Waals surface area contributed by atoms with E-state index < -0.39 is 17.9 Å². The van der Waals surface area contributed by atoms with E-state index in [0.717, 1.165) is 18.9 Å². The molecular formula is C29H30ClF2N5O3. The van der Waals surface area contributed by atoms with Gasteiger partial charge in [0.05, 0.1) is 17.9 Å². The van der Waals surface area contributed by atoms with Crippen molar-refractivity contribution in [2.24, 2.45) is 0 Å². The molecule has 0 unspecified atom stereocenters. The zero-order valence-corrected chi connectivity index (χ0v) is 23.1. The van der Waals surface area contributed by atoms with E-state index in [2.05, 4.69) is 10.6 Å². The molecule has 40 heavy (non-hydrogen) atoms. The number of halogens is 3. The fourth-order valence-corrected chi connectivity index (χ4v) is 4.99. The van der Waals surface area contributed by atoms with Gasteiger partial charge < -0.3 is 15.5 Å². The summed E-state index contributed by atoms with van der Waals surface area (Å²) in [5, 5.41) is 6.07. The number of anilines is 1. The first-order valence-corrected chi connectivity index (χ1v) is 13.6. The molecule has 1 aromatic heterocycles. The highest BCUT2D eigenvalue weighted by Crippen LogP contribution is 2.30. The lowest BCUT2D eigenvalue weighted by molar-refractivity contribution is 0.0652. The molecule has 5 rings (SSSR count). The molecule has 1 atom stereocenters. The van der Waals surface area contributed by atoms with Crippen molar-refractivity contribution in [3.63, 3.8) is 0 Å². The van der Waals surface area contributed by atoms with Crippen molar-refractivity contribution in [2.45, 2.75) is 71.1 Å². The molecule has 1 fully saturated rings. The Morgan fingerprint density at radius 2 is 1.75 bits per heavy atom. The van der Waals surface area contributed by atoms with Crippen molar-refractivity contribution in [1.82, 2.24) is 19.8 Å². The molecule has 210 valence electrons. The highest BCUT2D eigenvalue weighted by molar-refractivity contribution is 6.31. The normalized spacial score (nSPS) is 16.7. The second-order valence-corrected chi connectivity index (χ2v) is 11.0. The number of hydrogen-bond acceptors (Lipinski definition) is 5. The highest BCUT2D eigenvalue weighted by atomic mass is 35.5. The zero-order chi connectivity index (χ0) is 28.7. The van der Waals surface area contributed by atoms with Crippen LogP contribution >= 0.6 is 11.6 Å². The SMILES string of the molecule is CC(C)Nc1nc2c(c(=O)n1-c1ccc(C(=O)NC3CC3)cc1)C[C@@H](C)N(C(=O)c1ccc(Cl)c(C(F)F)c1)C2. The number of benzene rings is 2. The third-order valence-corrected chi connectivity index (χ3v) is 7.42. The highest BCUT2D eigenvalue weighted by Gasteiger charge is 2.32. The first kappa shape index (κ1) is 27.8. The Kier molecular flexibility index (Phi) is 7.63. The third-order valence-electron chi connectivity index (χ3n) is 7.07. The summed E-state index contributed by atoms with van der Waals surface area (Å²) in [6.07, 6.45) is -0.595. The molecule has 0 saturated heterocycles. The number of nitrogens with one attached hydrogen (secondary N) is 2. The van der Waals surface area contributed by atoms with Crippen molar-refractivity contribution < 1.29 is 18.4 Å². The number of fused-ring (bicyclic) bond motifs is 1. The van der Waals surface area contributed by atoms with Gasteiger partial charge in [-0.3, -0.25) is 14.4 Å². The number of alkyl halides is 2. The van der Waals surface area contributed by atoms with Crippen molar-refractivity contribution in [3.05, 3.63) is 85.8 Å². The van der Waals surface area contributed by atoms with E-state index in [1.165, 1.54) is 21.6 Å². The molecule has 11 heteroatoms. The molecule has 1 aliphatic carbocycles. The minimum atomic E-state index is -2.81. The Labute approximate surface area is 235 Å². The summed E-state index contributed by atoms with van der Waals surface area (Å²) in [7, 11) is 0. The van der Waals surface area contributed by atoms with Crippen LogP contribution in [0, 0.1) is 0 Å². The van der Waals surface area contributed by atoms with Crippen molar-refractivity contribution in [1.29, 1.82) is 0 Å². The van der Waals surface area contributed by atoms with E-state index in [9.17, 15) is 23.2 Å². The number of carbonyl (C=O) groups is 2. The van der Waals surface area contributed by atoms with E-state index in [0.29, 0.717) is 28.5 Å². The Balaban J connectivity index is 1.49. The maximum Gasteiger partial charge on any atom is 0.265 e. The molecule has 2 aromatic carbocycles. The number of carbonyl (C=O) groups excluding carboxylic acids is 2. The van der Waals surface area contributed by atoms with Crippen LogP contribution in [0.3, 0.4) is 0 Å². The van der Waals surface area contributed by atoms with Crippen LogP contribution < -0.4 is 16.2 Å². The van der Waals surface area contributed by atoms with E-state index in [1.54, 1.807) is 24.3 Å². The fourth-order valence-electron chi connectivity index (χ4n) is 4.79. The van der Waals surface area contributed by atoms with Gasteiger partial charge in [0.15, 0.2) is 0 Å². The number of hydrogen-bond donors (Lipinski definition) is 2. The first-order chi connectivity index (χ1) is 19.0. The number of aromatic nitrogens is 2. The Morgan fingerprint density at radius 3 is 2.38 bits per heavy atom. The summed E-state index contributed by atoms with van der Waals surface area (Å²) in [6.45, 7) is 5.69. The van der Waals surface area contributed by atoms with E-state index in [1.807, 2.05) is 20.8 Å². The van der Waals surface area contributed by atoms with Gasteiger partial charge in [-0.2, -0.15) is 0 Å². The van der Waals surface area contributed by atoms with Gasteiger partial charge in [0.2, 0.25) is 5.95 Å². The molecule has 1 saturated carbocycles. The van der Waals surface area contributed by atoms with Crippen LogP contribution in [-0.2, 0) is 13.0 Å². The van der Waals surface area contributed by atoms with Gasteiger partial charge in [-0.1, -0.05) is 11.6 Å². The van der Waals surface area contributed by atoms with Crippen LogP contribution in [0.4, 0.5) is 14.7 Å². The topological polar surface area (TPSA) is 96.3 Å². The average Bonchev–Trinajstić information content (AvgIpc) is 3.72. The summed E-state index contributed by atoms with van der Waals surface area (Å²) < 4.78 is 28.3.